The van der Waals surface area contributed by atoms with Crippen LogP contribution in [0.25, 0.3) is 6.08 Å². The molecule has 0 aromatic heterocycles. The third-order valence-corrected chi connectivity index (χ3v) is 9.33. The van der Waals surface area contributed by atoms with Crippen LogP contribution in [0, 0.1) is 0 Å². The van der Waals surface area contributed by atoms with Gasteiger partial charge in [0.1, 0.15) is 5.75 Å². The normalized spacial score (nSPS) is 11.4. The number of hydrogen-bond donors (Lipinski definition) is 0. The van der Waals surface area contributed by atoms with Gasteiger partial charge in [-0.2, -0.15) is 0 Å². The Labute approximate surface area is 269 Å². The Balaban J connectivity index is 1.41. The molecule has 2 aromatic carbocycles. The molecule has 0 aliphatic carbocycles. The van der Waals surface area contributed by atoms with E-state index in [1.807, 2.05) is 42.1 Å². The van der Waals surface area contributed by atoms with Crippen LogP contribution >= 0.6 is 11.8 Å². The van der Waals surface area contributed by atoms with Crippen LogP contribution in [0.2, 0.25) is 0 Å². The number of carbonyl (C=O) groups is 1. The SMILES string of the molecule is CCCCCCCCCCCCCCCCCCCCCOc1ccc(C(=O)C=Cc2ccc(SCCCC)cc2)cc1. The van der Waals surface area contributed by atoms with Crippen LogP contribution in [0.3, 0.4) is 0 Å². The fourth-order valence-corrected chi connectivity index (χ4v) is 6.36. The van der Waals surface area contributed by atoms with Crippen molar-refractivity contribution in [2.75, 3.05) is 12.4 Å². The van der Waals surface area contributed by atoms with Gasteiger partial charge in [-0.15, -0.1) is 11.8 Å². The lowest BCUT2D eigenvalue weighted by atomic mass is 10.0. The maximum atomic E-state index is 12.6. The van der Waals surface area contributed by atoms with Gasteiger partial charge in [-0.3, -0.25) is 4.79 Å². The smallest absolute Gasteiger partial charge is 0.185 e. The van der Waals surface area contributed by atoms with Crippen LogP contribution in [-0.2, 0) is 0 Å². The van der Waals surface area contributed by atoms with Crippen LogP contribution in [0.1, 0.15) is 165 Å². The van der Waals surface area contributed by atoms with E-state index in [9.17, 15) is 4.79 Å². The predicted octanol–water partition coefficient (Wildman–Crippen LogP) is 13.3. The first-order chi connectivity index (χ1) is 21.2. The molecule has 43 heavy (non-hydrogen) atoms. The number of thioether (sulfide) groups is 1. The highest BCUT2D eigenvalue weighted by Gasteiger charge is 2.03. The molecule has 0 aliphatic heterocycles. The van der Waals surface area contributed by atoms with Crippen molar-refractivity contribution in [2.24, 2.45) is 0 Å². The first-order valence-corrected chi connectivity index (χ1v) is 18.9. The van der Waals surface area contributed by atoms with E-state index in [-0.39, 0.29) is 5.78 Å². The molecule has 0 radical (unpaired) electrons. The largest absolute Gasteiger partial charge is 0.494 e. The quantitative estimate of drug-likeness (QED) is 0.0417. The van der Waals surface area contributed by atoms with E-state index >= 15 is 0 Å². The van der Waals surface area contributed by atoms with Gasteiger partial charge in [0.25, 0.3) is 0 Å². The van der Waals surface area contributed by atoms with Crippen molar-refractivity contribution in [3.63, 3.8) is 0 Å². The van der Waals surface area contributed by atoms with Gasteiger partial charge < -0.3 is 4.74 Å². The second-order valence-electron chi connectivity index (χ2n) is 12.2. The summed E-state index contributed by atoms with van der Waals surface area (Å²) < 4.78 is 5.92. The Kier molecular flexibility index (Phi) is 22.8. The molecule has 0 atom stereocenters. The summed E-state index contributed by atoms with van der Waals surface area (Å²) in [6, 6.07) is 16.0. The Morgan fingerprint density at radius 1 is 0.581 bits per heavy atom. The Morgan fingerprint density at radius 2 is 1.05 bits per heavy atom. The minimum atomic E-state index is 0.0201. The van der Waals surface area contributed by atoms with Gasteiger partial charge in [-0.05, 0) is 66.6 Å². The van der Waals surface area contributed by atoms with E-state index in [1.54, 1.807) is 6.08 Å². The van der Waals surface area contributed by atoms with Gasteiger partial charge in [0.2, 0.25) is 0 Å². The van der Waals surface area contributed by atoms with Crippen molar-refractivity contribution in [1.29, 1.82) is 0 Å². The lowest BCUT2D eigenvalue weighted by Gasteiger charge is -2.07. The standard InChI is InChI=1S/C40H62O2S/c1-3-5-7-8-9-10-11-12-13-14-15-16-17-18-19-20-21-22-23-34-42-38-29-27-37(28-30-38)40(41)33-26-36-24-31-39(32-25-36)43-35-6-4-2/h24-33H,3-23,34-35H2,1-2H3. The van der Waals surface area contributed by atoms with Gasteiger partial charge in [0, 0.05) is 10.5 Å². The molecule has 0 fully saturated rings. The molecule has 0 spiro atoms. The average molecular weight is 607 g/mol. The summed E-state index contributed by atoms with van der Waals surface area (Å²) in [6.07, 6.45) is 32.5. The second-order valence-corrected chi connectivity index (χ2v) is 13.4. The van der Waals surface area contributed by atoms with Crippen molar-refractivity contribution in [3.05, 3.63) is 65.7 Å². The molecule has 2 rings (SSSR count). The van der Waals surface area contributed by atoms with Crippen molar-refractivity contribution < 1.29 is 9.53 Å². The summed E-state index contributed by atoms with van der Waals surface area (Å²) in [7, 11) is 0. The van der Waals surface area contributed by atoms with E-state index < -0.39 is 0 Å². The Morgan fingerprint density at radius 3 is 1.53 bits per heavy atom. The summed E-state index contributed by atoms with van der Waals surface area (Å²) in [6.45, 7) is 5.26. The molecule has 0 unspecified atom stereocenters. The molecule has 0 saturated heterocycles. The maximum absolute atomic E-state index is 12.6. The zero-order chi connectivity index (χ0) is 30.6. The average Bonchev–Trinajstić information content (AvgIpc) is 3.03. The molecule has 0 saturated carbocycles. The third kappa shape index (κ3) is 19.8. The van der Waals surface area contributed by atoms with E-state index in [4.69, 9.17) is 4.74 Å². The number of hydrogen-bond acceptors (Lipinski definition) is 3. The molecule has 0 bridgehead atoms. The number of carbonyl (C=O) groups excluding carboxylic acids is 1. The third-order valence-electron chi connectivity index (χ3n) is 8.23. The predicted molar refractivity (Wildman–Crippen MR) is 191 cm³/mol. The van der Waals surface area contributed by atoms with Crippen molar-refractivity contribution in [2.45, 2.75) is 154 Å². The molecular weight excluding hydrogens is 545 g/mol. The summed E-state index contributed by atoms with van der Waals surface area (Å²) in [5.41, 5.74) is 1.74. The Bertz CT molecular complexity index is 947. The number of unbranched alkanes of at least 4 members (excludes halogenated alkanes) is 19. The number of rotatable bonds is 28. The van der Waals surface area contributed by atoms with Gasteiger partial charge in [-0.25, -0.2) is 0 Å². The van der Waals surface area contributed by atoms with Crippen LogP contribution in [0.4, 0.5) is 0 Å². The molecule has 0 heterocycles. The molecule has 3 heteroatoms. The van der Waals surface area contributed by atoms with Crippen LogP contribution < -0.4 is 4.74 Å². The summed E-state index contributed by atoms with van der Waals surface area (Å²) in [5, 5.41) is 0. The summed E-state index contributed by atoms with van der Waals surface area (Å²) >= 11 is 1.89. The minimum absolute atomic E-state index is 0.0201. The van der Waals surface area contributed by atoms with E-state index in [2.05, 4.69) is 38.1 Å². The fourth-order valence-electron chi connectivity index (χ4n) is 5.36. The van der Waals surface area contributed by atoms with E-state index in [0.717, 1.165) is 30.1 Å². The highest BCUT2D eigenvalue weighted by molar-refractivity contribution is 7.99. The number of allylic oxidation sites excluding steroid dienone is 1. The van der Waals surface area contributed by atoms with Crippen molar-refractivity contribution in [1.82, 2.24) is 0 Å². The van der Waals surface area contributed by atoms with Crippen LogP contribution in [0.5, 0.6) is 5.75 Å². The van der Waals surface area contributed by atoms with Crippen molar-refractivity contribution in [3.8, 4) is 5.75 Å². The summed E-state index contributed by atoms with van der Waals surface area (Å²) in [4.78, 5) is 13.9. The lowest BCUT2D eigenvalue weighted by Crippen LogP contribution is -1.99. The fraction of sp³-hybridized carbons (Fsp3) is 0.625. The number of ether oxygens (including phenoxy) is 1. The van der Waals surface area contributed by atoms with Gasteiger partial charge >= 0.3 is 0 Å². The highest BCUT2D eigenvalue weighted by Crippen LogP contribution is 2.21. The zero-order valence-corrected chi connectivity index (χ0v) is 28.6. The lowest BCUT2D eigenvalue weighted by molar-refractivity contribution is 0.104. The first-order valence-electron chi connectivity index (χ1n) is 17.9. The molecule has 2 aromatic rings. The molecular formula is C40H62O2S. The van der Waals surface area contributed by atoms with Gasteiger partial charge in [0.15, 0.2) is 5.78 Å². The molecule has 2 nitrogen and oxygen atoms in total. The second kappa shape index (κ2) is 26.4. The van der Waals surface area contributed by atoms with Gasteiger partial charge in [-0.1, -0.05) is 154 Å². The molecule has 0 amide bonds. The highest BCUT2D eigenvalue weighted by atomic mass is 32.2. The van der Waals surface area contributed by atoms with E-state index in [1.165, 1.54) is 133 Å². The first kappa shape index (κ1) is 37.2. The Hall–Kier alpha value is -2.00. The molecule has 240 valence electrons. The number of benzene rings is 2. The topological polar surface area (TPSA) is 26.3 Å². The molecule has 0 aliphatic rings. The monoisotopic (exact) mass is 606 g/mol. The number of ketones is 1. The zero-order valence-electron chi connectivity index (χ0n) is 27.8. The van der Waals surface area contributed by atoms with Gasteiger partial charge in [0.05, 0.1) is 6.61 Å². The van der Waals surface area contributed by atoms with Crippen molar-refractivity contribution >= 4 is 23.6 Å². The van der Waals surface area contributed by atoms with E-state index in [0.29, 0.717) is 5.56 Å². The molecule has 0 N–H and O–H groups in total. The minimum Gasteiger partial charge on any atom is -0.494 e. The van der Waals surface area contributed by atoms with Crippen LogP contribution in [0.15, 0.2) is 59.5 Å². The summed E-state index contributed by atoms with van der Waals surface area (Å²) in [5.74, 6) is 2.02. The maximum Gasteiger partial charge on any atom is 0.185 e. The van der Waals surface area contributed by atoms with Crippen LogP contribution in [-0.4, -0.2) is 18.1 Å².